The molecule has 0 atom stereocenters. The van der Waals surface area contributed by atoms with Crippen molar-refractivity contribution in [2.24, 2.45) is 16.7 Å². The van der Waals surface area contributed by atoms with E-state index in [1.54, 1.807) is 0 Å². The summed E-state index contributed by atoms with van der Waals surface area (Å²) < 4.78 is 8.86. The van der Waals surface area contributed by atoms with Gasteiger partial charge in [-0.15, -0.1) is 17.5 Å². The Kier molecular flexibility index (Phi) is 13.0. The second-order valence-electron chi connectivity index (χ2n) is 16.1. The van der Waals surface area contributed by atoms with E-state index in [9.17, 15) is 9.90 Å². The zero-order valence-electron chi connectivity index (χ0n) is 32.9. The molecule has 0 aliphatic carbocycles. The molecule has 6 aromatic rings. The molecule has 52 heavy (non-hydrogen) atoms. The van der Waals surface area contributed by atoms with Crippen molar-refractivity contribution in [1.29, 1.82) is 0 Å². The largest absolute Gasteiger partial charge is 0.512 e. The van der Waals surface area contributed by atoms with Gasteiger partial charge in [-0.3, -0.25) is 9.78 Å². The first-order valence-electron chi connectivity index (χ1n) is 18.7. The molecular weight excluding hydrogens is 839 g/mol. The number of nitrogens with zero attached hydrogens (tertiary/aromatic N) is 1. The van der Waals surface area contributed by atoms with E-state index in [1.165, 1.54) is 27.3 Å². The third-order valence-electron chi connectivity index (χ3n) is 11.1. The van der Waals surface area contributed by atoms with Gasteiger partial charge in [0.05, 0.1) is 0 Å². The van der Waals surface area contributed by atoms with Crippen LogP contribution in [-0.4, -0.2) is 15.9 Å². The SMILES string of the molecule is CC(C)Cc1ccc2cc(-c3ccnc4c3sc3c(C(C)(C)C)c5ccccc5[c-]c34)oc2c1.CCC(C)(CC)C(=O)/C=C(\O)C(C)(CC)CC.[Ir]. The summed E-state index contributed by atoms with van der Waals surface area (Å²) in [6, 6.07) is 23.1. The maximum Gasteiger partial charge on any atom is 0.164 e. The average molecular weight is 895 g/mol. The van der Waals surface area contributed by atoms with Crippen LogP contribution in [-0.2, 0) is 36.7 Å². The molecule has 0 aliphatic rings. The van der Waals surface area contributed by atoms with E-state index in [1.807, 2.05) is 59.1 Å². The van der Waals surface area contributed by atoms with Gasteiger partial charge in [-0.1, -0.05) is 123 Å². The summed E-state index contributed by atoms with van der Waals surface area (Å²) >= 11 is 1.82. The molecule has 4 nitrogen and oxygen atoms in total. The van der Waals surface area contributed by atoms with Crippen LogP contribution in [0.15, 0.2) is 77.0 Å². The minimum absolute atomic E-state index is 0. The monoisotopic (exact) mass is 895 g/mol. The summed E-state index contributed by atoms with van der Waals surface area (Å²) in [5.74, 6) is 1.81. The fourth-order valence-corrected chi connectivity index (χ4v) is 8.28. The Hall–Kier alpha value is -3.31. The van der Waals surface area contributed by atoms with Crippen molar-refractivity contribution in [1.82, 2.24) is 4.98 Å². The van der Waals surface area contributed by atoms with Crippen molar-refractivity contribution < 1.29 is 34.4 Å². The number of hydrogen-bond donors (Lipinski definition) is 1. The Labute approximate surface area is 328 Å². The molecule has 0 amide bonds. The second kappa shape index (κ2) is 16.4. The third-order valence-corrected chi connectivity index (χ3v) is 12.3. The van der Waals surface area contributed by atoms with Gasteiger partial charge in [-0.25, -0.2) is 0 Å². The van der Waals surface area contributed by atoms with Gasteiger partial charge in [0, 0.05) is 64.4 Å². The number of hydrogen-bond acceptors (Lipinski definition) is 5. The first kappa shape index (κ1) is 41.4. The molecule has 279 valence electrons. The molecule has 3 aromatic heterocycles. The molecule has 6 heteroatoms. The van der Waals surface area contributed by atoms with Crippen LogP contribution in [0.2, 0.25) is 0 Å². The maximum atomic E-state index is 12.2. The van der Waals surface area contributed by atoms with Crippen molar-refractivity contribution >= 4 is 59.2 Å². The smallest absolute Gasteiger partial charge is 0.164 e. The number of aliphatic hydroxyl groups excluding tert-OH is 1. The van der Waals surface area contributed by atoms with Gasteiger partial charge in [0.15, 0.2) is 5.78 Å². The summed E-state index contributed by atoms with van der Waals surface area (Å²) in [6.45, 7) is 23.5. The van der Waals surface area contributed by atoms with Crippen LogP contribution < -0.4 is 0 Å². The van der Waals surface area contributed by atoms with Gasteiger partial charge in [0.1, 0.15) is 17.1 Å². The van der Waals surface area contributed by atoms with Crippen LogP contribution in [0.5, 0.6) is 0 Å². The quantitative estimate of drug-likeness (QED) is 0.0845. The summed E-state index contributed by atoms with van der Waals surface area (Å²) in [6.07, 6.45) is 7.71. The minimum Gasteiger partial charge on any atom is -0.512 e. The fraction of sp³-hybridized carbons (Fsp3) is 0.435. The van der Waals surface area contributed by atoms with E-state index in [4.69, 9.17) is 9.40 Å². The topological polar surface area (TPSA) is 63.3 Å². The number of ketones is 1. The second-order valence-corrected chi connectivity index (χ2v) is 17.2. The molecule has 0 fully saturated rings. The van der Waals surface area contributed by atoms with Gasteiger partial charge in [-0.2, -0.15) is 11.3 Å². The summed E-state index contributed by atoms with van der Waals surface area (Å²) in [4.78, 5) is 17.0. The zero-order chi connectivity index (χ0) is 37.3. The van der Waals surface area contributed by atoms with Crippen LogP contribution in [0.1, 0.15) is 113 Å². The minimum atomic E-state index is -0.337. The van der Waals surface area contributed by atoms with E-state index in [0.29, 0.717) is 5.92 Å². The van der Waals surface area contributed by atoms with Crippen LogP contribution in [0.4, 0.5) is 0 Å². The van der Waals surface area contributed by atoms with Gasteiger partial charge >= 0.3 is 0 Å². The van der Waals surface area contributed by atoms with Crippen LogP contribution >= 0.6 is 11.3 Å². The number of carbonyl (C=O) groups excluding carboxylic acids is 1. The van der Waals surface area contributed by atoms with Crippen molar-refractivity contribution in [3.8, 4) is 11.3 Å². The third kappa shape index (κ3) is 8.25. The van der Waals surface area contributed by atoms with E-state index in [-0.39, 0.29) is 47.9 Å². The molecule has 0 saturated heterocycles. The summed E-state index contributed by atoms with van der Waals surface area (Å²) in [5, 5.41) is 14.8. The Morgan fingerprint density at radius 2 is 1.56 bits per heavy atom. The number of thiophene rings is 1. The van der Waals surface area contributed by atoms with E-state index >= 15 is 0 Å². The number of allylic oxidation sites excluding steroid dienone is 2. The number of aromatic nitrogens is 1. The molecule has 6 rings (SSSR count). The van der Waals surface area contributed by atoms with Gasteiger partial charge in [0.2, 0.25) is 0 Å². The van der Waals surface area contributed by atoms with Crippen LogP contribution in [0.25, 0.3) is 53.4 Å². The molecule has 1 N–H and O–H groups in total. The van der Waals surface area contributed by atoms with E-state index in [0.717, 1.165) is 75.4 Å². The molecule has 3 heterocycles. The van der Waals surface area contributed by atoms with E-state index in [2.05, 4.69) is 95.3 Å². The number of pyridine rings is 1. The molecule has 0 aliphatic heterocycles. The number of rotatable bonds is 10. The van der Waals surface area contributed by atoms with Gasteiger partial charge in [0.25, 0.3) is 0 Å². The summed E-state index contributed by atoms with van der Waals surface area (Å²) in [7, 11) is 0. The maximum absolute atomic E-state index is 12.2. The van der Waals surface area contributed by atoms with Crippen molar-refractivity contribution in [3.05, 3.63) is 89.8 Å². The Balaban J connectivity index is 0.000000289. The molecule has 0 saturated carbocycles. The van der Waals surface area contributed by atoms with Crippen molar-refractivity contribution in [3.63, 3.8) is 0 Å². The Bertz CT molecular complexity index is 2210. The zero-order valence-corrected chi connectivity index (χ0v) is 36.1. The molecule has 0 bridgehead atoms. The normalized spacial score (nSPS) is 12.8. The Morgan fingerprint density at radius 3 is 2.17 bits per heavy atom. The number of aliphatic hydroxyl groups is 1. The predicted molar refractivity (Wildman–Crippen MR) is 219 cm³/mol. The standard InChI is InChI=1S/C31H28NOS.C15H28O2.Ir/c1-18(2)14-19-10-11-21-17-26(33-25(21)15-19)23-12-13-32-28-24-16-20-8-6-7-9-22(20)27(31(3,4)5)29(24)34-30(23)28;1-7-14(5,8-2)12(16)11-13(17)15(6,9-3)10-4;/h6-13,15,17-18H,14H2,1-5H3;11,16H,7-10H2,1-6H3;/q-1;;/b;12-11-;. The molecule has 3 aromatic carbocycles. The first-order chi connectivity index (χ1) is 24.1. The van der Waals surface area contributed by atoms with Crippen LogP contribution in [0, 0.1) is 22.8 Å². The Morgan fingerprint density at radius 1 is 0.904 bits per heavy atom. The number of carbonyl (C=O) groups is 1. The van der Waals surface area contributed by atoms with Crippen molar-refractivity contribution in [2.75, 3.05) is 0 Å². The van der Waals surface area contributed by atoms with Crippen molar-refractivity contribution in [2.45, 2.75) is 114 Å². The average Bonchev–Trinajstić information content (AvgIpc) is 3.70. The number of fused-ring (bicyclic) bond motifs is 5. The van der Waals surface area contributed by atoms with Gasteiger partial charge in [-0.05, 0) is 71.9 Å². The molecular formula is C46H56IrNO3S-. The number of furan rings is 1. The van der Waals surface area contributed by atoms with Crippen LogP contribution in [0.3, 0.4) is 0 Å². The first-order valence-corrected chi connectivity index (χ1v) is 19.5. The van der Waals surface area contributed by atoms with Gasteiger partial charge < -0.3 is 9.52 Å². The fourth-order valence-electron chi connectivity index (χ4n) is 6.78. The molecule has 0 spiro atoms. The number of benzene rings is 3. The predicted octanol–water partition coefficient (Wildman–Crippen LogP) is 14.0. The molecule has 1 radical (unpaired) electrons. The van der Waals surface area contributed by atoms with E-state index < -0.39 is 0 Å². The summed E-state index contributed by atoms with van der Waals surface area (Å²) in [5.41, 5.74) is 5.15. The molecule has 0 unspecified atom stereocenters.